The van der Waals surface area contributed by atoms with Crippen molar-refractivity contribution < 1.29 is 14.0 Å². The third-order valence-electron chi connectivity index (χ3n) is 4.49. The van der Waals surface area contributed by atoms with Gasteiger partial charge in [0.2, 0.25) is 0 Å². The molecule has 0 bridgehead atoms. The number of carbonyl (C=O) groups excluding carboxylic acids is 2. The molecule has 0 aliphatic carbocycles. The minimum Gasteiger partial charge on any atom is -0.361 e. The van der Waals surface area contributed by atoms with Gasteiger partial charge in [-0.2, -0.15) is 0 Å². The zero-order chi connectivity index (χ0) is 17.4. The maximum Gasteiger partial charge on any atom is 0.325 e. The molecule has 1 aromatic heterocycles. The number of imide groups is 1. The number of rotatable bonds is 4. The van der Waals surface area contributed by atoms with Gasteiger partial charge in [0.1, 0.15) is 11.9 Å². The van der Waals surface area contributed by atoms with E-state index in [0.717, 1.165) is 21.4 Å². The number of halogens is 1. The molecular weight excluding hydrogens is 321 g/mol. The highest BCUT2D eigenvalue weighted by atomic mass is 19.1. The number of H-pyrrole nitrogens is 1. The van der Waals surface area contributed by atoms with Gasteiger partial charge in [0.25, 0.3) is 5.91 Å². The van der Waals surface area contributed by atoms with Crippen LogP contribution in [0.5, 0.6) is 0 Å². The van der Waals surface area contributed by atoms with E-state index in [1.807, 2.05) is 30.5 Å². The Morgan fingerprint density at radius 1 is 1.00 bits per heavy atom. The smallest absolute Gasteiger partial charge is 0.325 e. The summed E-state index contributed by atoms with van der Waals surface area (Å²) in [6.45, 7) is -0.0677. The van der Waals surface area contributed by atoms with Gasteiger partial charge in [-0.05, 0) is 17.7 Å². The van der Waals surface area contributed by atoms with Crippen LogP contribution in [0.3, 0.4) is 0 Å². The Morgan fingerprint density at radius 2 is 1.76 bits per heavy atom. The number of hydrogen-bond donors (Lipinski definition) is 2. The third kappa shape index (κ3) is 2.76. The average Bonchev–Trinajstić information content (AvgIpc) is 3.13. The Kier molecular flexibility index (Phi) is 3.72. The summed E-state index contributed by atoms with van der Waals surface area (Å²) >= 11 is 0. The van der Waals surface area contributed by atoms with Crippen LogP contribution >= 0.6 is 0 Å². The summed E-state index contributed by atoms with van der Waals surface area (Å²) in [6, 6.07) is 12.8. The normalized spacial score (nSPS) is 17.3. The standard InChI is InChI=1S/C19H16FN3O2/c20-15-7-3-1-5-12(15)11-23-18(24)17(22-19(23)25)9-13-10-21-16-8-4-2-6-14(13)16/h1-8,10,17,21H,9,11H2,(H,22,25)/t17-/m1/s1. The largest absolute Gasteiger partial charge is 0.361 e. The maximum atomic E-state index is 13.8. The summed E-state index contributed by atoms with van der Waals surface area (Å²) in [5, 5.41) is 3.72. The zero-order valence-corrected chi connectivity index (χ0v) is 13.3. The predicted molar refractivity (Wildman–Crippen MR) is 91.3 cm³/mol. The molecule has 2 aromatic carbocycles. The molecule has 1 saturated heterocycles. The Balaban J connectivity index is 1.54. The van der Waals surface area contributed by atoms with Crippen LogP contribution in [0.4, 0.5) is 9.18 Å². The van der Waals surface area contributed by atoms with Crippen LogP contribution in [0.2, 0.25) is 0 Å². The van der Waals surface area contributed by atoms with E-state index < -0.39 is 17.9 Å². The van der Waals surface area contributed by atoms with Crippen LogP contribution in [0.15, 0.2) is 54.7 Å². The van der Waals surface area contributed by atoms with Crippen LogP contribution in [-0.2, 0) is 17.8 Å². The Labute approximate surface area is 143 Å². The molecule has 1 aliphatic heterocycles. The molecule has 0 saturated carbocycles. The number of fused-ring (bicyclic) bond motifs is 1. The lowest BCUT2D eigenvalue weighted by Crippen LogP contribution is -2.32. The molecule has 4 rings (SSSR count). The van der Waals surface area contributed by atoms with Crippen molar-refractivity contribution in [3.63, 3.8) is 0 Å². The van der Waals surface area contributed by atoms with Crippen molar-refractivity contribution in [2.45, 2.75) is 19.0 Å². The molecular formula is C19H16FN3O2. The van der Waals surface area contributed by atoms with Gasteiger partial charge in [0.05, 0.1) is 6.54 Å². The highest BCUT2D eigenvalue weighted by molar-refractivity contribution is 6.04. The monoisotopic (exact) mass is 337 g/mol. The topological polar surface area (TPSA) is 65.2 Å². The number of urea groups is 1. The number of aromatic nitrogens is 1. The number of carbonyl (C=O) groups is 2. The van der Waals surface area contributed by atoms with Crippen LogP contribution in [0.1, 0.15) is 11.1 Å². The number of aromatic amines is 1. The molecule has 1 atom stereocenters. The Bertz CT molecular complexity index is 966. The molecule has 2 heterocycles. The number of hydrogen-bond acceptors (Lipinski definition) is 2. The van der Waals surface area contributed by atoms with Crippen LogP contribution in [0, 0.1) is 5.82 Å². The summed E-state index contributed by atoms with van der Waals surface area (Å²) in [7, 11) is 0. The van der Waals surface area contributed by atoms with Crippen molar-refractivity contribution in [1.82, 2.24) is 15.2 Å². The van der Waals surface area contributed by atoms with E-state index in [4.69, 9.17) is 0 Å². The van der Waals surface area contributed by atoms with E-state index in [9.17, 15) is 14.0 Å². The van der Waals surface area contributed by atoms with Crippen molar-refractivity contribution in [2.75, 3.05) is 0 Å². The fraction of sp³-hybridized carbons (Fsp3) is 0.158. The highest BCUT2D eigenvalue weighted by Crippen LogP contribution is 2.22. The van der Waals surface area contributed by atoms with Gasteiger partial charge in [0, 0.05) is 29.1 Å². The van der Waals surface area contributed by atoms with Gasteiger partial charge in [-0.3, -0.25) is 9.69 Å². The lowest BCUT2D eigenvalue weighted by atomic mass is 10.0. The first kappa shape index (κ1) is 15.4. The van der Waals surface area contributed by atoms with Crippen molar-refractivity contribution in [3.05, 3.63) is 71.7 Å². The van der Waals surface area contributed by atoms with Crippen molar-refractivity contribution in [3.8, 4) is 0 Å². The van der Waals surface area contributed by atoms with Gasteiger partial charge >= 0.3 is 6.03 Å². The van der Waals surface area contributed by atoms with Crippen molar-refractivity contribution in [2.24, 2.45) is 0 Å². The Hall–Kier alpha value is -3.15. The first-order valence-electron chi connectivity index (χ1n) is 8.04. The molecule has 2 N–H and O–H groups in total. The minimum atomic E-state index is -0.640. The number of benzene rings is 2. The van der Waals surface area contributed by atoms with Gasteiger partial charge in [0.15, 0.2) is 0 Å². The average molecular weight is 337 g/mol. The van der Waals surface area contributed by atoms with E-state index >= 15 is 0 Å². The second-order valence-corrected chi connectivity index (χ2v) is 6.08. The molecule has 0 spiro atoms. The van der Waals surface area contributed by atoms with E-state index in [1.165, 1.54) is 6.07 Å². The molecule has 3 amide bonds. The summed E-state index contributed by atoms with van der Waals surface area (Å²) in [5.41, 5.74) is 2.26. The molecule has 0 radical (unpaired) electrons. The first-order valence-corrected chi connectivity index (χ1v) is 8.04. The van der Waals surface area contributed by atoms with Gasteiger partial charge in [-0.25, -0.2) is 9.18 Å². The lowest BCUT2D eigenvalue weighted by molar-refractivity contribution is -0.127. The summed E-state index contributed by atoms with van der Waals surface area (Å²) in [4.78, 5) is 29.0. The summed E-state index contributed by atoms with van der Waals surface area (Å²) in [5.74, 6) is -0.762. The number of amides is 3. The maximum absolute atomic E-state index is 13.8. The van der Waals surface area contributed by atoms with Crippen LogP contribution < -0.4 is 5.32 Å². The van der Waals surface area contributed by atoms with Crippen LogP contribution in [0.25, 0.3) is 10.9 Å². The van der Waals surface area contributed by atoms with E-state index in [1.54, 1.807) is 18.2 Å². The van der Waals surface area contributed by atoms with Gasteiger partial charge in [-0.15, -0.1) is 0 Å². The molecule has 6 heteroatoms. The molecule has 1 fully saturated rings. The van der Waals surface area contributed by atoms with Crippen molar-refractivity contribution in [1.29, 1.82) is 0 Å². The number of nitrogens with zero attached hydrogens (tertiary/aromatic N) is 1. The number of para-hydroxylation sites is 1. The van der Waals surface area contributed by atoms with Crippen molar-refractivity contribution >= 4 is 22.8 Å². The van der Waals surface area contributed by atoms with E-state index in [-0.39, 0.29) is 12.5 Å². The van der Waals surface area contributed by atoms with E-state index in [2.05, 4.69) is 10.3 Å². The molecule has 3 aromatic rings. The Morgan fingerprint density at radius 3 is 2.60 bits per heavy atom. The second-order valence-electron chi connectivity index (χ2n) is 6.08. The first-order chi connectivity index (χ1) is 12.1. The summed E-state index contributed by atoms with van der Waals surface area (Å²) in [6.07, 6.45) is 2.24. The molecule has 1 aliphatic rings. The molecule has 5 nitrogen and oxygen atoms in total. The van der Waals surface area contributed by atoms with Gasteiger partial charge in [-0.1, -0.05) is 36.4 Å². The zero-order valence-electron chi connectivity index (χ0n) is 13.3. The fourth-order valence-corrected chi connectivity index (χ4v) is 3.18. The third-order valence-corrected chi connectivity index (χ3v) is 4.49. The quantitative estimate of drug-likeness (QED) is 0.719. The minimum absolute atomic E-state index is 0.0677. The molecule has 0 unspecified atom stereocenters. The van der Waals surface area contributed by atoms with Gasteiger partial charge < -0.3 is 10.3 Å². The highest BCUT2D eigenvalue weighted by Gasteiger charge is 2.38. The van der Waals surface area contributed by atoms with E-state index in [0.29, 0.717) is 12.0 Å². The molecule has 126 valence electrons. The number of nitrogens with one attached hydrogen (secondary N) is 2. The molecule has 25 heavy (non-hydrogen) atoms. The lowest BCUT2D eigenvalue weighted by Gasteiger charge is -2.13. The van der Waals surface area contributed by atoms with Crippen LogP contribution in [-0.4, -0.2) is 27.9 Å². The second kappa shape index (κ2) is 6.05. The fourth-order valence-electron chi connectivity index (χ4n) is 3.18. The predicted octanol–water partition coefficient (Wildman–Crippen LogP) is 2.97. The summed E-state index contributed by atoms with van der Waals surface area (Å²) < 4.78 is 13.8. The SMILES string of the molecule is O=C1N[C@H](Cc2c[nH]c3ccccc23)C(=O)N1Cc1ccccc1F.